The van der Waals surface area contributed by atoms with Crippen LogP contribution < -0.4 is 21.3 Å². The monoisotopic (exact) mass is 246 g/mol. The number of nitrogens with zero attached hydrogens (tertiary/aromatic N) is 1. The van der Waals surface area contributed by atoms with Crippen molar-refractivity contribution in [3.8, 4) is 0 Å². The molecule has 0 bridgehead atoms. The van der Waals surface area contributed by atoms with E-state index in [2.05, 4.69) is 58.7 Å². The Kier molecular flexibility index (Phi) is 3.21. The van der Waals surface area contributed by atoms with Crippen molar-refractivity contribution in [2.45, 2.75) is 19.8 Å². The highest BCUT2D eigenvalue weighted by molar-refractivity contribution is 5.51. The number of allylic oxidation sites excluding steroid dienone is 1. The highest BCUT2D eigenvalue weighted by atomic mass is 15.7. The molecule has 0 aliphatic carbocycles. The molecule has 0 aromatic heterocycles. The zero-order valence-corrected chi connectivity index (χ0v) is 10.7. The molecule has 0 radical (unpaired) electrons. The van der Waals surface area contributed by atoms with E-state index in [9.17, 15) is 0 Å². The van der Waals surface area contributed by atoms with Gasteiger partial charge in [-0.1, -0.05) is 12.1 Å². The lowest BCUT2D eigenvalue weighted by molar-refractivity contribution is 0.400. The summed E-state index contributed by atoms with van der Waals surface area (Å²) in [6.45, 7) is 4.35. The van der Waals surface area contributed by atoms with E-state index in [-0.39, 0.29) is 1.43 Å². The maximum atomic E-state index is 3.40. The first-order chi connectivity index (χ1) is 8.83. The molecule has 0 amide bonds. The van der Waals surface area contributed by atoms with E-state index in [1.807, 2.05) is 0 Å². The van der Waals surface area contributed by atoms with Crippen LogP contribution >= 0.6 is 0 Å². The van der Waals surface area contributed by atoms with Crippen LogP contribution in [0.3, 0.4) is 0 Å². The van der Waals surface area contributed by atoms with Gasteiger partial charge in [-0.05, 0) is 50.6 Å². The first kappa shape index (κ1) is 11.6. The quantitative estimate of drug-likeness (QED) is 0.745. The second-order valence-corrected chi connectivity index (χ2v) is 5.05. The van der Waals surface area contributed by atoms with Crippen molar-refractivity contribution in [1.29, 1.82) is 0 Å². The summed E-state index contributed by atoms with van der Waals surface area (Å²) in [5.41, 5.74) is 10.3. The SMILES string of the molecule is Cc1cccc(N2C=C(C3CCNCC3)NN2)c1.[HH]. The van der Waals surface area contributed by atoms with Gasteiger partial charge in [-0.3, -0.25) is 5.01 Å². The largest absolute Gasteiger partial charge is 0.317 e. The normalized spacial score (nSPS) is 20.7. The van der Waals surface area contributed by atoms with Gasteiger partial charge in [0.2, 0.25) is 0 Å². The number of piperidine rings is 1. The number of hydrogen-bond acceptors (Lipinski definition) is 4. The molecule has 3 N–H and O–H groups in total. The van der Waals surface area contributed by atoms with Gasteiger partial charge in [0.25, 0.3) is 0 Å². The molecular formula is C14H22N4. The van der Waals surface area contributed by atoms with E-state index in [0.717, 1.165) is 13.1 Å². The number of anilines is 1. The Bertz CT molecular complexity index is 455. The molecular weight excluding hydrogens is 224 g/mol. The lowest BCUT2D eigenvalue weighted by Gasteiger charge is -2.22. The van der Waals surface area contributed by atoms with Crippen LogP contribution in [0.25, 0.3) is 0 Å². The summed E-state index contributed by atoms with van der Waals surface area (Å²) in [4.78, 5) is 0. The van der Waals surface area contributed by atoms with Crippen molar-refractivity contribution < 1.29 is 1.43 Å². The molecule has 3 rings (SSSR count). The Hall–Kier alpha value is -1.52. The third-order valence-corrected chi connectivity index (χ3v) is 3.65. The smallest absolute Gasteiger partial charge is 0.0592 e. The minimum absolute atomic E-state index is 0. The lowest BCUT2D eigenvalue weighted by atomic mass is 9.95. The summed E-state index contributed by atoms with van der Waals surface area (Å²) in [5, 5.41) is 5.46. The standard InChI is InChI=1S/C14H20N4.H2/c1-11-3-2-4-13(9-11)18-10-14(16-17-18)12-5-7-15-8-6-12;/h2-4,9-10,12,15-17H,5-8H2,1H3;1H. The number of hydrogen-bond donors (Lipinski definition) is 3. The fourth-order valence-corrected chi connectivity index (χ4v) is 2.59. The van der Waals surface area contributed by atoms with Crippen molar-refractivity contribution in [3.63, 3.8) is 0 Å². The van der Waals surface area contributed by atoms with Crippen molar-refractivity contribution in [1.82, 2.24) is 16.3 Å². The maximum Gasteiger partial charge on any atom is 0.0592 e. The Morgan fingerprint density at radius 3 is 2.89 bits per heavy atom. The second-order valence-electron chi connectivity index (χ2n) is 5.05. The highest BCUT2D eigenvalue weighted by Gasteiger charge is 2.22. The molecule has 1 aromatic rings. The Labute approximate surface area is 109 Å². The molecule has 98 valence electrons. The van der Waals surface area contributed by atoms with Gasteiger partial charge in [-0.15, -0.1) is 5.53 Å². The van der Waals surface area contributed by atoms with Gasteiger partial charge in [-0.25, -0.2) is 0 Å². The van der Waals surface area contributed by atoms with Gasteiger partial charge in [0, 0.05) is 19.2 Å². The average Bonchev–Trinajstić information content (AvgIpc) is 2.89. The summed E-state index contributed by atoms with van der Waals surface area (Å²) in [6, 6.07) is 8.49. The zero-order valence-electron chi connectivity index (χ0n) is 10.7. The highest BCUT2D eigenvalue weighted by Crippen LogP contribution is 2.24. The molecule has 2 aliphatic rings. The average molecular weight is 246 g/mol. The van der Waals surface area contributed by atoms with E-state index in [0.29, 0.717) is 5.92 Å². The Morgan fingerprint density at radius 2 is 2.11 bits per heavy atom. The molecule has 4 nitrogen and oxygen atoms in total. The minimum Gasteiger partial charge on any atom is -0.317 e. The van der Waals surface area contributed by atoms with Gasteiger partial charge >= 0.3 is 0 Å². The predicted molar refractivity (Wildman–Crippen MR) is 75.7 cm³/mol. The second kappa shape index (κ2) is 5.00. The third kappa shape index (κ3) is 2.35. The van der Waals surface area contributed by atoms with Gasteiger partial charge in [0.05, 0.1) is 5.69 Å². The van der Waals surface area contributed by atoms with Gasteiger partial charge in [-0.2, -0.15) is 0 Å². The molecule has 18 heavy (non-hydrogen) atoms. The molecule has 2 heterocycles. The van der Waals surface area contributed by atoms with E-state index < -0.39 is 0 Å². The predicted octanol–water partition coefficient (Wildman–Crippen LogP) is 1.91. The molecule has 0 unspecified atom stereocenters. The molecule has 0 atom stereocenters. The third-order valence-electron chi connectivity index (χ3n) is 3.65. The number of hydrazine groups is 2. The molecule has 0 saturated carbocycles. The maximum absolute atomic E-state index is 3.40. The number of benzene rings is 1. The summed E-state index contributed by atoms with van der Waals surface area (Å²) in [6.07, 6.45) is 4.61. The van der Waals surface area contributed by atoms with Gasteiger partial charge in [0.1, 0.15) is 0 Å². The minimum atomic E-state index is 0. The lowest BCUT2D eigenvalue weighted by Crippen LogP contribution is -2.38. The summed E-state index contributed by atoms with van der Waals surface area (Å²) in [7, 11) is 0. The van der Waals surface area contributed by atoms with Crippen LogP contribution in [0.15, 0.2) is 36.2 Å². The van der Waals surface area contributed by atoms with E-state index in [1.54, 1.807) is 0 Å². The van der Waals surface area contributed by atoms with Crippen LogP contribution in [0.2, 0.25) is 0 Å². The van der Waals surface area contributed by atoms with Crippen LogP contribution in [-0.2, 0) is 0 Å². The van der Waals surface area contributed by atoms with E-state index >= 15 is 0 Å². The van der Waals surface area contributed by atoms with Crippen LogP contribution in [0, 0.1) is 12.8 Å². The van der Waals surface area contributed by atoms with Crippen molar-refractivity contribution in [2.75, 3.05) is 18.1 Å². The number of rotatable bonds is 2. The van der Waals surface area contributed by atoms with Crippen LogP contribution in [-0.4, -0.2) is 13.1 Å². The zero-order chi connectivity index (χ0) is 12.4. The van der Waals surface area contributed by atoms with Gasteiger partial charge in [0.15, 0.2) is 0 Å². The van der Waals surface area contributed by atoms with Crippen LogP contribution in [0.4, 0.5) is 5.69 Å². The molecule has 1 fully saturated rings. The fourth-order valence-electron chi connectivity index (χ4n) is 2.59. The Morgan fingerprint density at radius 1 is 1.28 bits per heavy atom. The summed E-state index contributed by atoms with van der Waals surface area (Å²) < 4.78 is 0. The topological polar surface area (TPSA) is 39.3 Å². The first-order valence-corrected chi connectivity index (χ1v) is 6.63. The summed E-state index contributed by atoms with van der Waals surface area (Å²) >= 11 is 0. The number of nitrogens with one attached hydrogen (secondary N) is 3. The molecule has 1 saturated heterocycles. The molecule has 1 aromatic carbocycles. The summed E-state index contributed by atoms with van der Waals surface area (Å²) in [5.74, 6) is 0.647. The van der Waals surface area contributed by atoms with Crippen LogP contribution in [0.1, 0.15) is 19.8 Å². The van der Waals surface area contributed by atoms with Crippen molar-refractivity contribution >= 4 is 5.69 Å². The van der Waals surface area contributed by atoms with E-state index in [4.69, 9.17) is 0 Å². The number of aryl methyl sites for hydroxylation is 1. The first-order valence-electron chi connectivity index (χ1n) is 6.63. The Balaban J connectivity index is 0.00000133. The molecule has 0 spiro atoms. The molecule has 4 heteroatoms. The van der Waals surface area contributed by atoms with Gasteiger partial charge < -0.3 is 10.7 Å². The van der Waals surface area contributed by atoms with Crippen LogP contribution in [0.5, 0.6) is 0 Å². The van der Waals surface area contributed by atoms with Crippen molar-refractivity contribution in [2.24, 2.45) is 5.92 Å². The molecule has 2 aliphatic heterocycles. The fraction of sp³-hybridized carbons (Fsp3) is 0.429. The van der Waals surface area contributed by atoms with Crippen molar-refractivity contribution in [3.05, 3.63) is 41.7 Å². The van der Waals surface area contributed by atoms with E-state index in [1.165, 1.54) is 29.8 Å².